The van der Waals surface area contributed by atoms with Gasteiger partial charge in [0.15, 0.2) is 0 Å². The summed E-state index contributed by atoms with van der Waals surface area (Å²) in [7, 11) is 0. The second-order valence-corrected chi connectivity index (χ2v) is 4.79. The molecule has 5 heteroatoms. The average molecular weight is 288 g/mol. The highest BCUT2D eigenvalue weighted by Gasteiger charge is 2.08. The summed E-state index contributed by atoms with van der Waals surface area (Å²) in [5.74, 6) is -0.601. The standard InChI is InChI=1S/C15H13FN2OS/c1-9-8-12(16)6-7-13(9)18-15(19)11-4-2-10(3-5-11)14(17)20/h2-8H,1H3,(H2,17,20)(H,18,19). The summed E-state index contributed by atoms with van der Waals surface area (Å²) >= 11 is 4.85. The first kappa shape index (κ1) is 14.1. The van der Waals surface area contributed by atoms with Crippen LogP contribution in [0, 0.1) is 12.7 Å². The fourth-order valence-corrected chi connectivity index (χ4v) is 1.88. The lowest BCUT2D eigenvalue weighted by Crippen LogP contribution is -2.14. The molecule has 20 heavy (non-hydrogen) atoms. The molecular formula is C15H13FN2OS. The smallest absolute Gasteiger partial charge is 0.255 e. The summed E-state index contributed by atoms with van der Waals surface area (Å²) in [5.41, 5.74) is 7.92. The van der Waals surface area contributed by atoms with E-state index in [2.05, 4.69) is 5.32 Å². The van der Waals surface area contributed by atoms with Crippen molar-refractivity contribution < 1.29 is 9.18 Å². The van der Waals surface area contributed by atoms with E-state index in [9.17, 15) is 9.18 Å². The van der Waals surface area contributed by atoms with Crippen LogP contribution < -0.4 is 11.1 Å². The number of aryl methyl sites for hydroxylation is 1. The largest absolute Gasteiger partial charge is 0.389 e. The van der Waals surface area contributed by atoms with Gasteiger partial charge in [0.25, 0.3) is 5.91 Å². The summed E-state index contributed by atoms with van der Waals surface area (Å²) in [6.07, 6.45) is 0. The van der Waals surface area contributed by atoms with Crippen LogP contribution in [0.5, 0.6) is 0 Å². The van der Waals surface area contributed by atoms with Gasteiger partial charge < -0.3 is 11.1 Å². The maximum Gasteiger partial charge on any atom is 0.255 e. The highest BCUT2D eigenvalue weighted by Crippen LogP contribution is 2.17. The predicted molar refractivity (Wildman–Crippen MR) is 81.4 cm³/mol. The normalized spacial score (nSPS) is 10.1. The summed E-state index contributed by atoms with van der Waals surface area (Å²) in [5, 5.41) is 2.73. The zero-order chi connectivity index (χ0) is 14.7. The van der Waals surface area contributed by atoms with Crippen molar-refractivity contribution in [2.75, 3.05) is 5.32 Å². The van der Waals surface area contributed by atoms with Crippen LogP contribution in [0.4, 0.5) is 10.1 Å². The molecule has 0 aliphatic carbocycles. The van der Waals surface area contributed by atoms with Gasteiger partial charge in [-0.15, -0.1) is 0 Å². The number of carbonyl (C=O) groups excluding carboxylic acids is 1. The Morgan fingerprint density at radius 3 is 2.30 bits per heavy atom. The van der Waals surface area contributed by atoms with Crippen LogP contribution in [-0.4, -0.2) is 10.9 Å². The molecule has 2 aromatic rings. The lowest BCUT2D eigenvalue weighted by molar-refractivity contribution is 0.102. The summed E-state index contributed by atoms with van der Waals surface area (Å²) < 4.78 is 13.0. The molecule has 3 N–H and O–H groups in total. The number of anilines is 1. The Morgan fingerprint density at radius 2 is 1.75 bits per heavy atom. The van der Waals surface area contributed by atoms with Crippen molar-refractivity contribution in [3.63, 3.8) is 0 Å². The van der Waals surface area contributed by atoms with E-state index in [1.807, 2.05) is 0 Å². The fourth-order valence-electron chi connectivity index (χ4n) is 1.75. The summed E-state index contributed by atoms with van der Waals surface area (Å²) in [6.45, 7) is 1.73. The molecule has 2 rings (SSSR count). The highest BCUT2D eigenvalue weighted by molar-refractivity contribution is 7.80. The summed E-state index contributed by atoms with van der Waals surface area (Å²) in [6, 6.07) is 10.9. The molecular weight excluding hydrogens is 275 g/mol. The van der Waals surface area contributed by atoms with E-state index in [-0.39, 0.29) is 16.7 Å². The zero-order valence-corrected chi connectivity index (χ0v) is 11.6. The number of amides is 1. The van der Waals surface area contributed by atoms with Crippen LogP contribution in [0.2, 0.25) is 0 Å². The van der Waals surface area contributed by atoms with Gasteiger partial charge in [0, 0.05) is 16.8 Å². The molecule has 1 amide bonds. The molecule has 0 saturated heterocycles. The van der Waals surface area contributed by atoms with E-state index in [0.29, 0.717) is 22.4 Å². The van der Waals surface area contributed by atoms with Gasteiger partial charge in [0.05, 0.1) is 0 Å². The third-order valence-electron chi connectivity index (χ3n) is 2.87. The Labute approximate surface area is 121 Å². The van der Waals surface area contributed by atoms with Gasteiger partial charge in [0.2, 0.25) is 0 Å². The topological polar surface area (TPSA) is 55.1 Å². The molecule has 0 aliphatic rings. The van der Waals surface area contributed by atoms with Crippen LogP contribution in [0.25, 0.3) is 0 Å². The first-order valence-corrected chi connectivity index (χ1v) is 6.35. The number of halogens is 1. The molecule has 102 valence electrons. The third kappa shape index (κ3) is 3.19. The van der Waals surface area contributed by atoms with Gasteiger partial charge in [-0.1, -0.05) is 24.4 Å². The Kier molecular flexibility index (Phi) is 4.10. The van der Waals surface area contributed by atoms with E-state index in [4.69, 9.17) is 18.0 Å². The van der Waals surface area contributed by atoms with Crippen LogP contribution in [0.15, 0.2) is 42.5 Å². The molecule has 0 aromatic heterocycles. The summed E-state index contributed by atoms with van der Waals surface area (Å²) in [4.78, 5) is 12.3. The minimum atomic E-state index is -0.332. The monoisotopic (exact) mass is 288 g/mol. The van der Waals surface area contributed by atoms with Gasteiger partial charge in [-0.05, 0) is 42.8 Å². The second-order valence-electron chi connectivity index (χ2n) is 4.35. The molecule has 0 radical (unpaired) electrons. The van der Waals surface area contributed by atoms with Crippen LogP contribution >= 0.6 is 12.2 Å². The number of thiocarbonyl (C=S) groups is 1. The van der Waals surface area contributed by atoms with Gasteiger partial charge in [0.1, 0.15) is 10.8 Å². The van der Waals surface area contributed by atoms with Crippen LogP contribution in [-0.2, 0) is 0 Å². The van der Waals surface area contributed by atoms with Crippen LogP contribution in [0.3, 0.4) is 0 Å². The van der Waals surface area contributed by atoms with Gasteiger partial charge in [-0.25, -0.2) is 4.39 Å². The third-order valence-corrected chi connectivity index (χ3v) is 3.10. The highest BCUT2D eigenvalue weighted by atomic mass is 32.1. The molecule has 0 heterocycles. The van der Waals surface area contributed by atoms with E-state index >= 15 is 0 Å². The number of hydrogen-bond acceptors (Lipinski definition) is 2. The van der Waals surface area contributed by atoms with Crippen molar-refractivity contribution in [2.45, 2.75) is 6.92 Å². The van der Waals surface area contributed by atoms with Gasteiger partial charge in [-0.3, -0.25) is 4.79 Å². The van der Waals surface area contributed by atoms with Crippen molar-refractivity contribution >= 4 is 28.8 Å². The van der Waals surface area contributed by atoms with E-state index in [1.54, 1.807) is 31.2 Å². The molecule has 2 aromatic carbocycles. The average Bonchev–Trinajstić information content (AvgIpc) is 2.42. The lowest BCUT2D eigenvalue weighted by atomic mass is 10.1. The first-order chi connectivity index (χ1) is 9.47. The molecule has 0 bridgehead atoms. The number of nitrogens with one attached hydrogen (secondary N) is 1. The quantitative estimate of drug-likeness (QED) is 0.854. The Balaban J connectivity index is 2.17. The predicted octanol–water partition coefficient (Wildman–Crippen LogP) is 3.02. The lowest BCUT2D eigenvalue weighted by Gasteiger charge is -2.08. The Morgan fingerprint density at radius 1 is 1.15 bits per heavy atom. The number of carbonyl (C=O) groups is 1. The maximum absolute atomic E-state index is 13.0. The van der Waals surface area contributed by atoms with Gasteiger partial charge >= 0.3 is 0 Å². The van der Waals surface area contributed by atoms with Crippen molar-refractivity contribution in [3.05, 3.63) is 65.0 Å². The van der Waals surface area contributed by atoms with Crippen molar-refractivity contribution in [1.29, 1.82) is 0 Å². The fraction of sp³-hybridized carbons (Fsp3) is 0.0667. The molecule has 3 nitrogen and oxygen atoms in total. The van der Waals surface area contributed by atoms with Gasteiger partial charge in [-0.2, -0.15) is 0 Å². The molecule has 0 aliphatic heterocycles. The molecule has 0 atom stereocenters. The maximum atomic E-state index is 13.0. The Bertz CT molecular complexity index is 668. The molecule has 0 spiro atoms. The van der Waals surface area contributed by atoms with E-state index < -0.39 is 0 Å². The molecule has 0 unspecified atom stereocenters. The molecule has 0 saturated carbocycles. The van der Waals surface area contributed by atoms with Crippen molar-refractivity contribution in [3.8, 4) is 0 Å². The number of hydrogen-bond donors (Lipinski definition) is 2. The zero-order valence-electron chi connectivity index (χ0n) is 10.8. The van der Waals surface area contributed by atoms with Crippen molar-refractivity contribution in [1.82, 2.24) is 0 Å². The number of nitrogens with two attached hydrogens (primary N) is 1. The second kappa shape index (κ2) is 5.79. The Hall–Kier alpha value is -2.27. The first-order valence-electron chi connectivity index (χ1n) is 5.95. The number of benzene rings is 2. The van der Waals surface area contributed by atoms with Crippen LogP contribution in [0.1, 0.15) is 21.5 Å². The van der Waals surface area contributed by atoms with Crippen molar-refractivity contribution in [2.24, 2.45) is 5.73 Å². The SMILES string of the molecule is Cc1cc(F)ccc1NC(=O)c1ccc(C(N)=S)cc1. The number of rotatable bonds is 3. The van der Waals surface area contributed by atoms with E-state index in [0.717, 1.165) is 0 Å². The van der Waals surface area contributed by atoms with E-state index in [1.165, 1.54) is 18.2 Å². The molecule has 0 fully saturated rings. The minimum absolute atomic E-state index is 0.269. The minimum Gasteiger partial charge on any atom is -0.389 e.